The maximum Gasteiger partial charge on any atom is 0.324 e. The van der Waals surface area contributed by atoms with Crippen LogP contribution in [0.4, 0.5) is 4.79 Å². The minimum atomic E-state index is -0.314. The zero-order valence-corrected chi connectivity index (χ0v) is 11.5. The Labute approximate surface area is 115 Å². The predicted molar refractivity (Wildman–Crippen MR) is 71.8 cm³/mol. The first-order valence-electron chi connectivity index (χ1n) is 5.88. The maximum absolute atomic E-state index is 12.0. The number of hydrogen-bond donors (Lipinski definition) is 1. The average molecular weight is 287 g/mol. The quantitative estimate of drug-likeness (QED) is 0.846. The minimum Gasteiger partial charge on any atom is -0.317 e. The smallest absolute Gasteiger partial charge is 0.317 e. The average Bonchev–Trinajstić information content (AvgIpc) is 3.03. The van der Waals surface area contributed by atoms with Crippen LogP contribution in [0.1, 0.15) is 24.8 Å². The van der Waals surface area contributed by atoms with Crippen LogP contribution in [-0.4, -0.2) is 28.8 Å². The van der Waals surface area contributed by atoms with Crippen molar-refractivity contribution in [3.05, 3.63) is 22.4 Å². The van der Waals surface area contributed by atoms with Crippen molar-refractivity contribution in [2.75, 3.05) is 5.88 Å². The lowest BCUT2D eigenvalue weighted by Gasteiger charge is -2.21. The van der Waals surface area contributed by atoms with Crippen LogP contribution >= 0.6 is 22.9 Å². The number of thiophene rings is 1. The van der Waals surface area contributed by atoms with Crippen LogP contribution in [0.2, 0.25) is 0 Å². The Balaban J connectivity index is 1.93. The third kappa shape index (κ3) is 3.71. The first kappa shape index (κ1) is 13.4. The van der Waals surface area contributed by atoms with Crippen molar-refractivity contribution in [1.29, 1.82) is 0 Å². The van der Waals surface area contributed by atoms with Crippen molar-refractivity contribution >= 4 is 34.9 Å². The summed E-state index contributed by atoms with van der Waals surface area (Å²) in [5.74, 6) is -0.0847. The number of hydrogen-bond acceptors (Lipinski definition) is 3. The van der Waals surface area contributed by atoms with Crippen molar-refractivity contribution in [3.8, 4) is 0 Å². The van der Waals surface area contributed by atoms with E-state index in [1.807, 2.05) is 16.8 Å². The summed E-state index contributed by atoms with van der Waals surface area (Å²) in [4.78, 5) is 25.1. The molecule has 0 atom stereocenters. The normalized spacial score (nSPS) is 14.3. The van der Waals surface area contributed by atoms with Crippen LogP contribution in [0.5, 0.6) is 0 Å². The lowest BCUT2D eigenvalue weighted by molar-refractivity contribution is -0.119. The lowest BCUT2D eigenvalue weighted by atomic mass is 10.3. The zero-order chi connectivity index (χ0) is 13.0. The molecular formula is C12H15ClN2O2S. The summed E-state index contributed by atoms with van der Waals surface area (Å²) in [6.07, 6.45) is 2.20. The van der Waals surface area contributed by atoms with E-state index in [1.54, 1.807) is 16.2 Å². The summed E-state index contributed by atoms with van der Waals surface area (Å²) < 4.78 is 0. The zero-order valence-electron chi connectivity index (χ0n) is 9.89. The van der Waals surface area contributed by atoms with Crippen LogP contribution in [0.3, 0.4) is 0 Å². The maximum atomic E-state index is 12.0. The highest BCUT2D eigenvalue weighted by atomic mass is 35.5. The summed E-state index contributed by atoms with van der Waals surface area (Å²) in [7, 11) is 0. The van der Waals surface area contributed by atoms with Gasteiger partial charge in [-0.05, 0) is 35.2 Å². The molecule has 98 valence electrons. The molecule has 0 bridgehead atoms. The van der Waals surface area contributed by atoms with E-state index in [9.17, 15) is 9.59 Å². The second-order valence-electron chi connectivity index (χ2n) is 4.28. The first-order chi connectivity index (χ1) is 8.70. The van der Waals surface area contributed by atoms with E-state index >= 15 is 0 Å². The fourth-order valence-electron chi connectivity index (χ4n) is 1.67. The second kappa shape index (κ2) is 6.20. The highest BCUT2D eigenvalue weighted by Crippen LogP contribution is 2.28. The molecule has 18 heavy (non-hydrogen) atoms. The van der Waals surface area contributed by atoms with Gasteiger partial charge in [-0.15, -0.1) is 11.6 Å². The molecule has 1 aliphatic carbocycles. The van der Waals surface area contributed by atoms with Crippen LogP contribution in [-0.2, 0) is 11.3 Å². The molecule has 3 amide bonds. The SMILES string of the molecule is O=C(CCCl)NC(=O)N(Cc1ccsc1)C1CC1. The van der Waals surface area contributed by atoms with E-state index in [1.165, 1.54) is 0 Å². The third-order valence-corrected chi connectivity index (χ3v) is 3.67. The Bertz CT molecular complexity index is 418. The number of alkyl halides is 1. The van der Waals surface area contributed by atoms with Gasteiger partial charge >= 0.3 is 6.03 Å². The molecule has 0 unspecified atom stereocenters. The van der Waals surface area contributed by atoms with Crippen LogP contribution in [0, 0.1) is 0 Å². The number of carbonyl (C=O) groups is 2. The largest absolute Gasteiger partial charge is 0.324 e. The van der Waals surface area contributed by atoms with Gasteiger partial charge in [0.05, 0.1) is 0 Å². The molecule has 2 rings (SSSR count). The van der Waals surface area contributed by atoms with Crippen molar-refractivity contribution in [3.63, 3.8) is 0 Å². The summed E-state index contributed by atoms with van der Waals surface area (Å²) in [6.45, 7) is 0.564. The molecule has 1 N–H and O–H groups in total. The molecule has 1 heterocycles. The van der Waals surface area contributed by atoms with Crippen molar-refractivity contribution in [2.24, 2.45) is 0 Å². The Morgan fingerprint density at radius 3 is 2.83 bits per heavy atom. The lowest BCUT2D eigenvalue weighted by Crippen LogP contribution is -2.43. The Morgan fingerprint density at radius 1 is 1.50 bits per heavy atom. The fraction of sp³-hybridized carbons (Fsp3) is 0.500. The molecule has 1 aromatic heterocycles. The molecule has 1 aromatic rings. The third-order valence-electron chi connectivity index (χ3n) is 2.75. The molecule has 4 nitrogen and oxygen atoms in total. The van der Waals surface area contributed by atoms with Gasteiger partial charge < -0.3 is 4.90 Å². The van der Waals surface area contributed by atoms with Crippen LogP contribution < -0.4 is 5.32 Å². The fourth-order valence-corrected chi connectivity index (χ4v) is 2.50. The van der Waals surface area contributed by atoms with Gasteiger partial charge in [-0.25, -0.2) is 4.79 Å². The second-order valence-corrected chi connectivity index (χ2v) is 5.44. The Kier molecular flexibility index (Phi) is 4.60. The van der Waals surface area contributed by atoms with Crippen molar-refractivity contribution in [2.45, 2.75) is 31.8 Å². The van der Waals surface area contributed by atoms with Crippen molar-refractivity contribution < 1.29 is 9.59 Å². The highest BCUT2D eigenvalue weighted by Gasteiger charge is 2.33. The molecule has 1 saturated carbocycles. The van der Waals surface area contributed by atoms with E-state index in [0.29, 0.717) is 6.54 Å². The topological polar surface area (TPSA) is 49.4 Å². The summed E-state index contributed by atoms with van der Waals surface area (Å²) >= 11 is 7.07. The van der Waals surface area contributed by atoms with E-state index in [-0.39, 0.29) is 30.3 Å². The van der Waals surface area contributed by atoms with Crippen LogP contribution in [0.15, 0.2) is 16.8 Å². The van der Waals surface area contributed by atoms with Gasteiger partial charge in [0.15, 0.2) is 0 Å². The Hall–Kier alpha value is -1.07. The van der Waals surface area contributed by atoms with Gasteiger partial charge in [0, 0.05) is 24.9 Å². The van der Waals surface area contributed by atoms with E-state index in [4.69, 9.17) is 11.6 Å². The van der Waals surface area contributed by atoms with E-state index < -0.39 is 0 Å². The standard InChI is InChI=1S/C12H15ClN2O2S/c13-5-3-11(16)14-12(17)15(10-1-2-10)7-9-4-6-18-8-9/h4,6,8,10H,1-3,5,7H2,(H,14,16,17). The summed E-state index contributed by atoms with van der Waals surface area (Å²) in [5.41, 5.74) is 1.10. The van der Waals surface area contributed by atoms with Gasteiger partial charge in [-0.1, -0.05) is 0 Å². The number of amides is 3. The van der Waals surface area contributed by atoms with Crippen LogP contribution in [0.25, 0.3) is 0 Å². The summed E-state index contributed by atoms with van der Waals surface area (Å²) in [5, 5.41) is 6.38. The number of nitrogens with one attached hydrogen (secondary N) is 1. The number of imide groups is 1. The number of rotatable bonds is 5. The molecule has 1 aliphatic rings. The molecular weight excluding hydrogens is 272 g/mol. The van der Waals surface area contributed by atoms with Gasteiger partial charge in [0.1, 0.15) is 0 Å². The highest BCUT2D eigenvalue weighted by molar-refractivity contribution is 7.07. The predicted octanol–water partition coefficient (Wildman–Crippen LogP) is 2.58. The molecule has 0 saturated heterocycles. The van der Waals surface area contributed by atoms with Gasteiger partial charge in [-0.3, -0.25) is 10.1 Å². The van der Waals surface area contributed by atoms with E-state index in [2.05, 4.69) is 5.32 Å². The molecule has 0 radical (unpaired) electrons. The van der Waals surface area contributed by atoms with Gasteiger partial charge in [0.25, 0.3) is 0 Å². The molecule has 6 heteroatoms. The van der Waals surface area contributed by atoms with Crippen molar-refractivity contribution in [1.82, 2.24) is 10.2 Å². The van der Waals surface area contributed by atoms with E-state index in [0.717, 1.165) is 18.4 Å². The number of urea groups is 1. The minimum absolute atomic E-state index is 0.171. The number of nitrogens with zero attached hydrogens (tertiary/aromatic N) is 1. The van der Waals surface area contributed by atoms with Gasteiger partial charge in [-0.2, -0.15) is 11.3 Å². The number of halogens is 1. The number of carbonyl (C=O) groups excluding carboxylic acids is 2. The monoisotopic (exact) mass is 286 g/mol. The van der Waals surface area contributed by atoms with Gasteiger partial charge in [0.2, 0.25) is 5.91 Å². The Morgan fingerprint density at radius 2 is 2.28 bits per heavy atom. The summed E-state index contributed by atoms with van der Waals surface area (Å²) in [6, 6.07) is 1.96. The molecule has 0 aromatic carbocycles. The molecule has 0 aliphatic heterocycles. The molecule has 1 fully saturated rings. The first-order valence-corrected chi connectivity index (χ1v) is 7.36. The molecule has 0 spiro atoms.